The van der Waals surface area contributed by atoms with Gasteiger partial charge in [0, 0.05) is 25.6 Å². The molecule has 3 N–H and O–H groups in total. The Morgan fingerprint density at radius 1 is 1.32 bits per heavy atom. The molecule has 0 fully saturated rings. The number of anilines is 3. The quantitative estimate of drug-likeness (QED) is 0.466. The highest BCUT2D eigenvalue weighted by Crippen LogP contribution is 2.34. The number of H-pyrrole nitrogens is 1. The summed E-state index contributed by atoms with van der Waals surface area (Å²) in [4.78, 5) is 27.6. The largest absolute Gasteiger partial charge is 0.329 e. The van der Waals surface area contributed by atoms with Gasteiger partial charge in [-0.2, -0.15) is 5.10 Å². The molecule has 1 amide bonds. The Balaban J connectivity index is 1.66. The molecule has 12 heteroatoms. The number of hydrogen-bond donors (Lipinski definition) is 3. The summed E-state index contributed by atoms with van der Waals surface area (Å²) >= 11 is 7.64. The van der Waals surface area contributed by atoms with E-state index in [2.05, 4.69) is 36.0 Å². The van der Waals surface area contributed by atoms with Crippen LogP contribution in [0, 0.1) is 0 Å². The minimum atomic E-state index is -0.415. The third-order valence-corrected chi connectivity index (χ3v) is 5.08. The summed E-state index contributed by atoms with van der Waals surface area (Å²) < 4.78 is 1.33. The van der Waals surface area contributed by atoms with E-state index < -0.39 is 5.56 Å². The molecule has 0 spiro atoms. The van der Waals surface area contributed by atoms with Crippen LogP contribution in [0.1, 0.15) is 6.92 Å². The normalized spacial score (nSPS) is 11.0. The van der Waals surface area contributed by atoms with Crippen molar-refractivity contribution in [3.63, 3.8) is 0 Å². The van der Waals surface area contributed by atoms with Gasteiger partial charge in [0.25, 0.3) is 5.56 Å². The molecule has 4 rings (SSSR count). The number of rotatable bonds is 4. The van der Waals surface area contributed by atoms with Gasteiger partial charge in [0.2, 0.25) is 11.0 Å². The highest BCUT2D eigenvalue weighted by atomic mass is 35.5. The molecule has 0 aliphatic rings. The topological polar surface area (TPSA) is 130 Å². The fourth-order valence-electron chi connectivity index (χ4n) is 2.53. The molecule has 4 aromatic rings. The fraction of sp³-hybridized carbons (Fsp3) is 0.125. The minimum Gasteiger partial charge on any atom is -0.329 e. The van der Waals surface area contributed by atoms with E-state index in [9.17, 15) is 9.59 Å². The molecule has 142 valence electrons. The minimum absolute atomic E-state index is 0.0642. The first-order valence-electron chi connectivity index (χ1n) is 8.00. The lowest BCUT2D eigenvalue weighted by Gasteiger charge is -2.06. The summed E-state index contributed by atoms with van der Waals surface area (Å²) in [6, 6.07) is 3.66. The van der Waals surface area contributed by atoms with Gasteiger partial charge in [-0.25, -0.2) is 4.98 Å². The highest BCUT2D eigenvalue weighted by Gasteiger charge is 2.15. The first-order chi connectivity index (χ1) is 13.4. The number of nitrogens with zero attached hydrogens (tertiary/aromatic N) is 5. The Bertz CT molecular complexity index is 1260. The fourth-order valence-corrected chi connectivity index (χ4v) is 3.50. The lowest BCUT2D eigenvalue weighted by molar-refractivity contribution is -0.114. The first kappa shape index (κ1) is 18.1. The van der Waals surface area contributed by atoms with Gasteiger partial charge in [0.15, 0.2) is 10.8 Å². The Kier molecular flexibility index (Phi) is 4.53. The van der Waals surface area contributed by atoms with Gasteiger partial charge < -0.3 is 15.2 Å². The van der Waals surface area contributed by atoms with Crippen molar-refractivity contribution >= 4 is 56.4 Å². The molecule has 3 aromatic heterocycles. The number of nitrogens with one attached hydrogen (secondary N) is 3. The summed E-state index contributed by atoms with van der Waals surface area (Å²) in [5.74, 6) is -0.448. The predicted molar refractivity (Wildman–Crippen MR) is 107 cm³/mol. The Hall–Kier alpha value is -3.31. The third-order valence-electron chi connectivity index (χ3n) is 3.81. The molecule has 3 heterocycles. The van der Waals surface area contributed by atoms with E-state index in [1.165, 1.54) is 29.0 Å². The molecule has 0 atom stereocenters. The molecule has 0 aliphatic carbocycles. The predicted octanol–water partition coefficient (Wildman–Crippen LogP) is 2.53. The van der Waals surface area contributed by atoms with E-state index in [-0.39, 0.29) is 11.7 Å². The van der Waals surface area contributed by atoms with Crippen LogP contribution < -0.4 is 16.2 Å². The standard InChI is InChI=1S/C16H13ClN8O2S/c1-7(26)19-13-15(27)25(2)6-11(20-13)14-23-24-16(28-14)21-10-4-3-9-8(12(10)17)5-18-22-9/h3-6H,1-2H3,(H,18,22)(H,21,24)(H,19,20,26). The Morgan fingerprint density at radius 3 is 2.93 bits per heavy atom. The Morgan fingerprint density at radius 2 is 2.14 bits per heavy atom. The third kappa shape index (κ3) is 3.32. The molecule has 28 heavy (non-hydrogen) atoms. The van der Waals surface area contributed by atoms with Crippen molar-refractivity contribution in [1.29, 1.82) is 0 Å². The summed E-state index contributed by atoms with van der Waals surface area (Å²) in [5.41, 5.74) is 1.48. The molecular formula is C16H13ClN8O2S. The van der Waals surface area contributed by atoms with Gasteiger partial charge in [-0.1, -0.05) is 22.9 Å². The molecule has 0 saturated carbocycles. The number of carbonyl (C=O) groups is 1. The van der Waals surface area contributed by atoms with Gasteiger partial charge in [-0.3, -0.25) is 14.7 Å². The number of aromatic nitrogens is 6. The van der Waals surface area contributed by atoms with Crippen LogP contribution in [0.25, 0.3) is 21.6 Å². The van der Waals surface area contributed by atoms with Gasteiger partial charge in [-0.15, -0.1) is 10.2 Å². The van der Waals surface area contributed by atoms with Gasteiger partial charge in [0.1, 0.15) is 5.69 Å². The van der Waals surface area contributed by atoms with Crippen LogP contribution in [-0.4, -0.2) is 35.9 Å². The van der Waals surface area contributed by atoms with E-state index in [0.29, 0.717) is 26.5 Å². The van der Waals surface area contributed by atoms with Crippen LogP contribution in [0.15, 0.2) is 29.3 Å². The molecule has 1 aromatic carbocycles. The number of amides is 1. The zero-order valence-electron chi connectivity index (χ0n) is 14.6. The van der Waals surface area contributed by atoms with E-state index in [4.69, 9.17) is 11.6 Å². The smallest absolute Gasteiger partial charge is 0.293 e. The number of benzene rings is 1. The Labute approximate surface area is 166 Å². The maximum atomic E-state index is 12.1. The lowest BCUT2D eigenvalue weighted by Crippen LogP contribution is -2.24. The summed E-state index contributed by atoms with van der Waals surface area (Å²) in [7, 11) is 1.57. The second kappa shape index (κ2) is 7.02. The van der Waals surface area contributed by atoms with E-state index >= 15 is 0 Å². The van der Waals surface area contributed by atoms with Gasteiger partial charge >= 0.3 is 0 Å². The van der Waals surface area contributed by atoms with E-state index in [0.717, 1.165) is 10.9 Å². The monoisotopic (exact) mass is 416 g/mol. The molecular weight excluding hydrogens is 404 g/mol. The zero-order chi connectivity index (χ0) is 19.8. The van der Waals surface area contributed by atoms with E-state index in [1.807, 2.05) is 12.1 Å². The highest BCUT2D eigenvalue weighted by molar-refractivity contribution is 7.18. The number of halogens is 1. The molecule has 0 bridgehead atoms. The van der Waals surface area contributed by atoms with Crippen molar-refractivity contribution in [3.8, 4) is 10.7 Å². The maximum Gasteiger partial charge on any atom is 0.293 e. The molecule has 0 radical (unpaired) electrons. The van der Waals surface area contributed by atoms with Crippen molar-refractivity contribution in [2.45, 2.75) is 6.92 Å². The van der Waals surface area contributed by atoms with Crippen LogP contribution in [0.3, 0.4) is 0 Å². The molecule has 0 aliphatic heterocycles. The van der Waals surface area contributed by atoms with Crippen molar-refractivity contribution in [3.05, 3.63) is 39.9 Å². The number of hydrogen-bond acceptors (Lipinski definition) is 8. The number of fused-ring (bicyclic) bond motifs is 1. The second-order valence-corrected chi connectivity index (χ2v) is 7.22. The number of carbonyl (C=O) groups excluding carboxylic acids is 1. The summed E-state index contributed by atoms with van der Waals surface area (Å²) in [6.07, 6.45) is 3.18. The van der Waals surface area contributed by atoms with Crippen LogP contribution in [0.4, 0.5) is 16.6 Å². The van der Waals surface area contributed by atoms with Gasteiger partial charge in [-0.05, 0) is 12.1 Å². The first-order valence-corrected chi connectivity index (χ1v) is 9.19. The number of aromatic amines is 1. The van der Waals surface area contributed by atoms with Crippen molar-refractivity contribution < 1.29 is 4.79 Å². The van der Waals surface area contributed by atoms with E-state index in [1.54, 1.807) is 13.2 Å². The molecule has 0 unspecified atom stereocenters. The summed E-state index contributed by atoms with van der Waals surface area (Å²) in [5, 5.41) is 22.8. The average molecular weight is 417 g/mol. The molecule has 10 nitrogen and oxygen atoms in total. The lowest BCUT2D eigenvalue weighted by atomic mass is 10.2. The van der Waals surface area contributed by atoms with Crippen LogP contribution >= 0.6 is 22.9 Å². The maximum absolute atomic E-state index is 12.1. The number of aryl methyl sites for hydroxylation is 1. The summed E-state index contributed by atoms with van der Waals surface area (Å²) in [6.45, 7) is 1.31. The van der Waals surface area contributed by atoms with Crippen LogP contribution in [0.2, 0.25) is 5.02 Å². The van der Waals surface area contributed by atoms with Crippen LogP contribution in [-0.2, 0) is 11.8 Å². The van der Waals surface area contributed by atoms with Crippen molar-refractivity contribution in [2.24, 2.45) is 7.05 Å². The van der Waals surface area contributed by atoms with Crippen molar-refractivity contribution in [1.82, 2.24) is 29.9 Å². The average Bonchev–Trinajstić information content (AvgIpc) is 3.30. The molecule has 0 saturated heterocycles. The SMILES string of the molecule is CC(=O)Nc1nc(-c2nnc(Nc3ccc4[nH]ncc4c3Cl)s2)cn(C)c1=O. The second-order valence-electron chi connectivity index (χ2n) is 5.87. The van der Waals surface area contributed by atoms with Crippen LogP contribution in [0.5, 0.6) is 0 Å². The zero-order valence-corrected chi connectivity index (χ0v) is 16.2. The van der Waals surface area contributed by atoms with Gasteiger partial charge in [0.05, 0.1) is 22.4 Å². The van der Waals surface area contributed by atoms with Crippen molar-refractivity contribution in [2.75, 3.05) is 10.6 Å².